The molecule has 0 radical (unpaired) electrons. The molecule has 2 heteroatoms. The van der Waals surface area contributed by atoms with E-state index in [0.717, 1.165) is 25.7 Å². The third-order valence-corrected chi connectivity index (χ3v) is 5.58. The Balaban J connectivity index is 2.00. The molecule has 2 saturated carbocycles. The topological polar surface area (TPSA) is 37.3 Å². The van der Waals surface area contributed by atoms with Crippen LogP contribution in [-0.4, -0.2) is 11.1 Å². The Kier molecular flexibility index (Phi) is 4.58. The fourth-order valence-electron chi connectivity index (χ4n) is 4.85. The minimum Gasteiger partial charge on any atom is -0.481 e. The lowest BCUT2D eigenvalue weighted by molar-refractivity contribution is -0.159. The van der Waals surface area contributed by atoms with Crippen molar-refractivity contribution >= 4 is 5.97 Å². The molecule has 2 bridgehead atoms. The smallest absolute Gasteiger partial charge is 0.309 e. The van der Waals surface area contributed by atoms with Crippen LogP contribution in [0.25, 0.3) is 0 Å². The Morgan fingerprint density at radius 3 is 2.74 bits per heavy atom. The number of carbonyl (C=O) groups is 1. The van der Waals surface area contributed by atoms with E-state index in [4.69, 9.17) is 0 Å². The minimum atomic E-state index is -0.517. The molecule has 0 heterocycles. The van der Waals surface area contributed by atoms with Gasteiger partial charge in [-0.05, 0) is 43.4 Å². The average Bonchev–Trinajstić information content (AvgIpc) is 2.34. The Morgan fingerprint density at radius 2 is 2.05 bits per heavy atom. The highest BCUT2D eigenvalue weighted by Gasteiger charge is 2.51. The van der Waals surface area contributed by atoms with E-state index in [1.165, 1.54) is 44.9 Å². The molecule has 0 aromatic heterocycles. The van der Waals surface area contributed by atoms with Gasteiger partial charge >= 0.3 is 5.97 Å². The summed E-state index contributed by atoms with van der Waals surface area (Å²) in [7, 11) is 0. The summed E-state index contributed by atoms with van der Waals surface area (Å²) in [6.07, 6.45) is 12.9. The number of carboxylic acid groups (broad SMARTS) is 1. The van der Waals surface area contributed by atoms with E-state index in [-0.39, 0.29) is 10.8 Å². The molecular weight excluding hydrogens is 236 g/mol. The summed E-state index contributed by atoms with van der Waals surface area (Å²) >= 11 is 0. The first-order valence-corrected chi connectivity index (χ1v) is 8.23. The van der Waals surface area contributed by atoms with Gasteiger partial charge in [0.15, 0.2) is 0 Å². The molecule has 2 aliphatic carbocycles. The van der Waals surface area contributed by atoms with Gasteiger partial charge in [-0.15, -0.1) is 0 Å². The van der Waals surface area contributed by atoms with E-state index in [1.54, 1.807) is 0 Å². The molecule has 0 saturated heterocycles. The third-order valence-electron chi connectivity index (χ3n) is 5.58. The van der Waals surface area contributed by atoms with Gasteiger partial charge in [-0.3, -0.25) is 4.79 Å². The van der Waals surface area contributed by atoms with Crippen LogP contribution in [0.15, 0.2) is 0 Å². The second kappa shape index (κ2) is 5.85. The Bertz CT molecular complexity index is 325. The van der Waals surface area contributed by atoms with Gasteiger partial charge in [0.05, 0.1) is 5.41 Å². The number of fused-ring (bicyclic) bond motifs is 2. The molecule has 2 nitrogen and oxygen atoms in total. The van der Waals surface area contributed by atoms with Crippen LogP contribution < -0.4 is 0 Å². The summed E-state index contributed by atoms with van der Waals surface area (Å²) in [6, 6.07) is 0. The zero-order valence-corrected chi connectivity index (χ0v) is 12.7. The molecule has 0 amide bonds. The van der Waals surface area contributed by atoms with Gasteiger partial charge in [0.25, 0.3) is 0 Å². The molecule has 0 aliphatic heterocycles. The molecule has 0 spiro atoms. The minimum absolute atomic E-state index is 0.287. The fourth-order valence-corrected chi connectivity index (χ4v) is 4.85. The highest BCUT2D eigenvalue weighted by Crippen LogP contribution is 2.57. The average molecular weight is 266 g/mol. The quantitative estimate of drug-likeness (QED) is 0.685. The van der Waals surface area contributed by atoms with Crippen molar-refractivity contribution in [3.63, 3.8) is 0 Å². The summed E-state index contributed by atoms with van der Waals surface area (Å²) in [6.45, 7) is 4.60. The Labute approximate surface area is 118 Å². The molecule has 2 aliphatic rings. The second-order valence-electron chi connectivity index (χ2n) is 7.55. The summed E-state index contributed by atoms with van der Waals surface area (Å²) in [4.78, 5) is 11.8. The van der Waals surface area contributed by atoms with E-state index in [1.807, 2.05) is 0 Å². The first kappa shape index (κ1) is 14.9. The summed E-state index contributed by atoms with van der Waals surface area (Å²) in [5, 5.41) is 9.68. The van der Waals surface area contributed by atoms with Crippen molar-refractivity contribution in [1.82, 2.24) is 0 Å². The van der Waals surface area contributed by atoms with Gasteiger partial charge < -0.3 is 5.11 Å². The van der Waals surface area contributed by atoms with E-state index < -0.39 is 5.97 Å². The zero-order chi connectivity index (χ0) is 13.9. The van der Waals surface area contributed by atoms with E-state index >= 15 is 0 Å². The van der Waals surface area contributed by atoms with E-state index in [0.29, 0.717) is 5.92 Å². The van der Waals surface area contributed by atoms with Crippen LogP contribution in [0, 0.1) is 16.7 Å². The third kappa shape index (κ3) is 3.32. The van der Waals surface area contributed by atoms with Crippen molar-refractivity contribution in [2.45, 2.75) is 84.5 Å². The van der Waals surface area contributed by atoms with Crippen molar-refractivity contribution in [3.05, 3.63) is 0 Å². The number of aliphatic carboxylic acids is 1. The number of rotatable bonds is 6. The number of hydrogen-bond donors (Lipinski definition) is 1. The summed E-state index contributed by atoms with van der Waals surface area (Å²) < 4.78 is 0. The summed E-state index contributed by atoms with van der Waals surface area (Å²) in [5.74, 6) is 0.159. The highest BCUT2D eigenvalue weighted by atomic mass is 16.4. The van der Waals surface area contributed by atoms with Crippen LogP contribution in [0.4, 0.5) is 0 Å². The van der Waals surface area contributed by atoms with Crippen molar-refractivity contribution < 1.29 is 9.90 Å². The highest BCUT2D eigenvalue weighted by molar-refractivity contribution is 5.75. The molecule has 19 heavy (non-hydrogen) atoms. The van der Waals surface area contributed by atoms with Gasteiger partial charge in [0.2, 0.25) is 0 Å². The zero-order valence-electron chi connectivity index (χ0n) is 12.7. The standard InChI is InChI=1S/C17H30O2/c1-3-4-5-6-9-16(2)11-14-8-7-10-17(12-14,13-16)15(18)19/h14H,3-13H2,1-2H3,(H,18,19)/t14?,16-,17-/m1/s1. The van der Waals surface area contributed by atoms with Crippen LogP contribution in [-0.2, 0) is 4.79 Å². The molecule has 3 atom stereocenters. The second-order valence-corrected chi connectivity index (χ2v) is 7.55. The molecule has 0 aromatic carbocycles. The van der Waals surface area contributed by atoms with Crippen LogP contribution in [0.2, 0.25) is 0 Å². The van der Waals surface area contributed by atoms with Crippen molar-refractivity contribution in [2.75, 3.05) is 0 Å². The van der Waals surface area contributed by atoms with Gasteiger partial charge in [-0.2, -0.15) is 0 Å². The molecular formula is C17H30O2. The molecule has 0 aromatic rings. The van der Waals surface area contributed by atoms with Crippen LogP contribution in [0.5, 0.6) is 0 Å². The van der Waals surface area contributed by atoms with Crippen molar-refractivity contribution in [3.8, 4) is 0 Å². The predicted octanol–water partition coefficient (Wildman–Crippen LogP) is 5.02. The van der Waals surface area contributed by atoms with Crippen molar-refractivity contribution in [2.24, 2.45) is 16.7 Å². The maximum Gasteiger partial charge on any atom is 0.309 e. The van der Waals surface area contributed by atoms with Gasteiger partial charge in [-0.25, -0.2) is 0 Å². The van der Waals surface area contributed by atoms with Crippen LogP contribution >= 0.6 is 0 Å². The molecule has 2 rings (SSSR count). The Morgan fingerprint density at radius 1 is 1.26 bits per heavy atom. The normalized spacial score (nSPS) is 38.1. The van der Waals surface area contributed by atoms with Gasteiger partial charge in [-0.1, -0.05) is 52.4 Å². The molecule has 1 unspecified atom stereocenters. The molecule has 110 valence electrons. The van der Waals surface area contributed by atoms with Crippen LogP contribution in [0.3, 0.4) is 0 Å². The van der Waals surface area contributed by atoms with Crippen molar-refractivity contribution in [1.29, 1.82) is 0 Å². The largest absolute Gasteiger partial charge is 0.481 e. The first-order chi connectivity index (χ1) is 9.00. The molecule has 2 fully saturated rings. The number of hydrogen-bond acceptors (Lipinski definition) is 1. The van der Waals surface area contributed by atoms with E-state index in [2.05, 4.69) is 13.8 Å². The molecule has 1 N–H and O–H groups in total. The SMILES string of the molecule is CCCCCC[C@]1(C)CC2CCC[C@@](C(=O)O)(C2)C1. The Hall–Kier alpha value is -0.530. The maximum absolute atomic E-state index is 11.8. The predicted molar refractivity (Wildman–Crippen MR) is 78.1 cm³/mol. The maximum atomic E-state index is 11.8. The van der Waals surface area contributed by atoms with E-state index in [9.17, 15) is 9.90 Å². The van der Waals surface area contributed by atoms with Gasteiger partial charge in [0.1, 0.15) is 0 Å². The lowest BCUT2D eigenvalue weighted by atomic mass is 9.53. The fraction of sp³-hybridized carbons (Fsp3) is 0.941. The summed E-state index contributed by atoms with van der Waals surface area (Å²) in [5.41, 5.74) is -0.0872. The van der Waals surface area contributed by atoms with Gasteiger partial charge in [0, 0.05) is 0 Å². The first-order valence-electron chi connectivity index (χ1n) is 8.23. The lowest BCUT2D eigenvalue weighted by Crippen LogP contribution is -2.46. The monoisotopic (exact) mass is 266 g/mol. The number of carboxylic acids is 1. The lowest BCUT2D eigenvalue weighted by Gasteiger charge is -2.51. The number of unbranched alkanes of at least 4 members (excludes halogenated alkanes) is 3. The van der Waals surface area contributed by atoms with Crippen LogP contribution in [0.1, 0.15) is 84.5 Å².